The zero-order valence-corrected chi connectivity index (χ0v) is 42.7. The van der Waals surface area contributed by atoms with Gasteiger partial charge in [-0.1, -0.05) is 302 Å². The number of aliphatic hydroxyl groups excluding tert-OH is 2. The molecule has 62 heavy (non-hydrogen) atoms. The number of unbranched alkanes of at least 4 members (excludes halogenated alkanes) is 45. The monoisotopic (exact) mass is 874 g/mol. The summed E-state index contributed by atoms with van der Waals surface area (Å²) in [4.78, 5) is 12.5. The van der Waals surface area contributed by atoms with E-state index in [0.29, 0.717) is 12.8 Å². The Morgan fingerprint density at radius 2 is 0.613 bits per heavy atom. The molecule has 0 fully saturated rings. The molecule has 0 heterocycles. The normalized spacial score (nSPS) is 12.8. The van der Waals surface area contributed by atoms with Gasteiger partial charge in [-0.15, -0.1) is 0 Å². The Kier molecular flexibility index (Phi) is 53.7. The van der Waals surface area contributed by atoms with E-state index in [4.69, 9.17) is 0 Å². The lowest BCUT2D eigenvalue weighted by molar-refractivity contribution is -0.123. The molecular formula is C58H115NO3. The van der Waals surface area contributed by atoms with Crippen LogP contribution in [0, 0.1) is 0 Å². The van der Waals surface area contributed by atoms with Crippen LogP contribution in [0.15, 0.2) is 12.2 Å². The lowest BCUT2D eigenvalue weighted by atomic mass is 10.0. The predicted octanol–water partition coefficient (Wildman–Crippen LogP) is 18.9. The van der Waals surface area contributed by atoms with Crippen LogP contribution in [-0.4, -0.2) is 34.9 Å². The molecule has 2 atom stereocenters. The fourth-order valence-corrected chi connectivity index (χ4v) is 9.36. The number of carbonyl (C=O) groups excluding carboxylic acids is 1. The Labute approximate surface area is 390 Å². The minimum atomic E-state index is -0.656. The van der Waals surface area contributed by atoms with Gasteiger partial charge in [0.2, 0.25) is 5.91 Å². The van der Waals surface area contributed by atoms with E-state index in [9.17, 15) is 15.0 Å². The van der Waals surface area contributed by atoms with Gasteiger partial charge in [0.25, 0.3) is 0 Å². The maximum absolute atomic E-state index is 12.5. The second-order valence-corrected chi connectivity index (χ2v) is 20.1. The number of allylic oxidation sites excluding steroid dienone is 2. The highest BCUT2D eigenvalue weighted by Gasteiger charge is 2.20. The summed E-state index contributed by atoms with van der Waals surface area (Å²) < 4.78 is 0. The summed E-state index contributed by atoms with van der Waals surface area (Å²) in [5.74, 6) is -0.0235. The van der Waals surface area contributed by atoms with Gasteiger partial charge in [0, 0.05) is 6.42 Å². The van der Waals surface area contributed by atoms with Crippen LogP contribution in [0.1, 0.15) is 335 Å². The molecule has 0 aromatic carbocycles. The van der Waals surface area contributed by atoms with Gasteiger partial charge in [0.1, 0.15) is 0 Å². The van der Waals surface area contributed by atoms with Crippen LogP contribution in [0.3, 0.4) is 0 Å². The van der Waals surface area contributed by atoms with Crippen molar-refractivity contribution in [3.63, 3.8) is 0 Å². The molecular weight excluding hydrogens is 759 g/mol. The van der Waals surface area contributed by atoms with Crippen LogP contribution in [0.25, 0.3) is 0 Å². The summed E-state index contributed by atoms with van der Waals surface area (Å²) in [5, 5.41) is 23.4. The molecule has 0 aliphatic heterocycles. The summed E-state index contributed by atoms with van der Waals surface area (Å²) in [6.07, 6.45) is 70.6. The fraction of sp³-hybridized carbons (Fsp3) is 0.948. The zero-order valence-electron chi connectivity index (χ0n) is 42.7. The van der Waals surface area contributed by atoms with E-state index in [1.54, 1.807) is 0 Å². The van der Waals surface area contributed by atoms with Crippen LogP contribution in [0.2, 0.25) is 0 Å². The molecule has 4 heteroatoms. The molecule has 3 N–H and O–H groups in total. The molecule has 0 bridgehead atoms. The Morgan fingerprint density at radius 3 is 0.887 bits per heavy atom. The van der Waals surface area contributed by atoms with E-state index >= 15 is 0 Å². The quantitative estimate of drug-likeness (QED) is 0.0421. The molecule has 0 saturated heterocycles. The largest absolute Gasteiger partial charge is 0.394 e. The fourth-order valence-electron chi connectivity index (χ4n) is 9.36. The first-order valence-corrected chi connectivity index (χ1v) is 28.9. The SMILES string of the molecule is CCCCCCCCCC/C=C\CCCCCCCCCCCCCCCCCCCC(=O)NC(CO)C(O)CCCCCCCCCCCCCCCCCCCCCCC. The molecule has 1 amide bonds. The van der Waals surface area contributed by atoms with Crippen molar-refractivity contribution in [2.45, 2.75) is 347 Å². The Bertz CT molecular complexity index is 860. The van der Waals surface area contributed by atoms with E-state index < -0.39 is 12.1 Å². The van der Waals surface area contributed by atoms with E-state index in [1.807, 2.05) is 0 Å². The zero-order chi connectivity index (χ0) is 44.9. The smallest absolute Gasteiger partial charge is 0.220 e. The van der Waals surface area contributed by atoms with Crippen LogP contribution < -0.4 is 5.32 Å². The predicted molar refractivity (Wildman–Crippen MR) is 276 cm³/mol. The summed E-state index contributed by atoms with van der Waals surface area (Å²) in [6, 6.07) is -0.533. The average molecular weight is 875 g/mol. The summed E-state index contributed by atoms with van der Waals surface area (Å²) in [5.41, 5.74) is 0. The van der Waals surface area contributed by atoms with Crippen LogP contribution >= 0.6 is 0 Å². The van der Waals surface area contributed by atoms with Crippen LogP contribution in [-0.2, 0) is 4.79 Å². The molecule has 370 valence electrons. The molecule has 0 aromatic heterocycles. The van der Waals surface area contributed by atoms with Crippen LogP contribution in [0.4, 0.5) is 0 Å². The van der Waals surface area contributed by atoms with Gasteiger partial charge in [-0.3, -0.25) is 4.79 Å². The van der Waals surface area contributed by atoms with Crippen molar-refractivity contribution in [1.29, 1.82) is 0 Å². The first-order chi connectivity index (χ1) is 30.7. The third kappa shape index (κ3) is 50.1. The van der Waals surface area contributed by atoms with Crippen molar-refractivity contribution >= 4 is 5.91 Å². The van der Waals surface area contributed by atoms with Crippen LogP contribution in [0.5, 0.6) is 0 Å². The van der Waals surface area contributed by atoms with Crippen molar-refractivity contribution in [3.8, 4) is 0 Å². The van der Waals surface area contributed by atoms with Gasteiger partial charge in [-0.25, -0.2) is 0 Å². The maximum Gasteiger partial charge on any atom is 0.220 e. The van der Waals surface area contributed by atoms with Gasteiger partial charge < -0.3 is 15.5 Å². The van der Waals surface area contributed by atoms with Gasteiger partial charge in [-0.05, 0) is 38.5 Å². The number of carbonyl (C=O) groups is 1. The van der Waals surface area contributed by atoms with Crippen molar-refractivity contribution in [3.05, 3.63) is 12.2 Å². The second kappa shape index (κ2) is 54.5. The van der Waals surface area contributed by atoms with Gasteiger partial charge in [-0.2, -0.15) is 0 Å². The Balaban J connectivity index is 3.41. The van der Waals surface area contributed by atoms with E-state index in [2.05, 4.69) is 31.3 Å². The topological polar surface area (TPSA) is 69.6 Å². The van der Waals surface area contributed by atoms with Crippen molar-refractivity contribution in [1.82, 2.24) is 5.32 Å². The molecule has 0 aliphatic carbocycles. The van der Waals surface area contributed by atoms with E-state index in [0.717, 1.165) is 25.7 Å². The summed E-state index contributed by atoms with van der Waals surface area (Å²) in [7, 11) is 0. The van der Waals surface area contributed by atoms with Gasteiger partial charge in [0.05, 0.1) is 18.8 Å². The van der Waals surface area contributed by atoms with Crippen molar-refractivity contribution in [2.24, 2.45) is 0 Å². The van der Waals surface area contributed by atoms with Gasteiger partial charge in [0.15, 0.2) is 0 Å². The minimum Gasteiger partial charge on any atom is -0.394 e. The van der Waals surface area contributed by atoms with Crippen molar-refractivity contribution < 1.29 is 15.0 Å². The molecule has 0 radical (unpaired) electrons. The highest BCUT2D eigenvalue weighted by Crippen LogP contribution is 2.18. The molecule has 0 saturated carbocycles. The summed E-state index contributed by atoms with van der Waals surface area (Å²) in [6.45, 7) is 4.40. The highest BCUT2D eigenvalue weighted by atomic mass is 16.3. The number of amides is 1. The molecule has 0 rings (SSSR count). The molecule has 0 spiro atoms. The first-order valence-electron chi connectivity index (χ1n) is 28.9. The Morgan fingerprint density at radius 1 is 0.371 bits per heavy atom. The lowest BCUT2D eigenvalue weighted by Gasteiger charge is -2.22. The van der Waals surface area contributed by atoms with E-state index in [1.165, 1.54) is 283 Å². The first kappa shape index (κ1) is 61.1. The average Bonchev–Trinajstić information content (AvgIpc) is 3.28. The lowest BCUT2D eigenvalue weighted by Crippen LogP contribution is -2.45. The number of aliphatic hydroxyl groups is 2. The molecule has 0 aromatic rings. The molecule has 0 aliphatic rings. The molecule has 4 nitrogen and oxygen atoms in total. The minimum absolute atomic E-state index is 0.0235. The number of rotatable bonds is 54. The number of hydrogen-bond acceptors (Lipinski definition) is 3. The third-order valence-corrected chi connectivity index (χ3v) is 13.8. The van der Waals surface area contributed by atoms with Gasteiger partial charge >= 0.3 is 0 Å². The van der Waals surface area contributed by atoms with Crippen molar-refractivity contribution in [2.75, 3.05) is 6.61 Å². The molecule has 2 unspecified atom stereocenters. The highest BCUT2D eigenvalue weighted by molar-refractivity contribution is 5.76. The van der Waals surface area contributed by atoms with E-state index in [-0.39, 0.29) is 12.5 Å². The third-order valence-electron chi connectivity index (χ3n) is 13.8. The number of nitrogens with one attached hydrogen (secondary N) is 1. The maximum atomic E-state index is 12.5. The standard InChI is InChI=1S/C58H115NO3/c1-3-5-7-9-11-13-15-17-19-21-23-25-26-27-28-29-30-31-32-34-36-38-40-42-44-46-48-50-52-54-58(62)59-56(55-60)57(61)53-51-49-47-45-43-41-39-37-35-33-24-22-20-18-16-14-12-10-8-6-4-2/h21,23,56-57,60-61H,3-20,22,24-55H2,1-2H3,(H,59,62)/b23-21-. The summed E-state index contributed by atoms with van der Waals surface area (Å²) >= 11 is 0. The second-order valence-electron chi connectivity index (χ2n) is 20.1. The Hall–Kier alpha value is -0.870. The number of hydrogen-bond donors (Lipinski definition) is 3.